The Hall–Kier alpha value is -3.35. The lowest BCUT2D eigenvalue weighted by atomic mass is 9.87. The first-order chi connectivity index (χ1) is 15.1. The van der Waals surface area contributed by atoms with Crippen molar-refractivity contribution in [1.82, 2.24) is 4.90 Å². The number of carbonyl (C=O) groups excluding carboxylic acids is 3. The normalized spacial score (nSPS) is 16.0. The third-order valence-corrected chi connectivity index (χ3v) is 5.51. The lowest BCUT2D eigenvalue weighted by Gasteiger charge is -2.29. The average Bonchev–Trinajstić information content (AvgIpc) is 2.85. The molecule has 2 aromatic rings. The highest BCUT2D eigenvalue weighted by atomic mass is 16.5. The van der Waals surface area contributed by atoms with Gasteiger partial charge in [-0.15, -0.1) is 0 Å². The Balaban J connectivity index is 1.62. The van der Waals surface area contributed by atoms with Gasteiger partial charge in [0.2, 0.25) is 11.8 Å². The summed E-state index contributed by atoms with van der Waals surface area (Å²) < 4.78 is 5.62. The van der Waals surface area contributed by atoms with Crippen LogP contribution in [0.5, 0.6) is 5.75 Å². The van der Waals surface area contributed by atoms with Crippen LogP contribution in [0.3, 0.4) is 0 Å². The van der Waals surface area contributed by atoms with Gasteiger partial charge in [0.1, 0.15) is 5.75 Å². The Morgan fingerprint density at radius 2 is 1.78 bits per heavy atom. The lowest BCUT2D eigenvalue weighted by molar-refractivity contribution is -0.135. The number of carbonyl (C=O) groups is 3. The summed E-state index contributed by atoms with van der Waals surface area (Å²) in [6, 6.07) is 14.5. The Labute approximate surface area is 189 Å². The number of hydrogen-bond acceptors (Lipinski definition) is 4. The number of anilines is 2. The van der Waals surface area contributed by atoms with Crippen LogP contribution in [0.15, 0.2) is 48.5 Å². The van der Waals surface area contributed by atoms with Crippen molar-refractivity contribution < 1.29 is 19.1 Å². The highest BCUT2D eigenvalue weighted by Crippen LogP contribution is 2.31. The summed E-state index contributed by atoms with van der Waals surface area (Å²) in [5.41, 5.74) is 2.44. The zero-order chi connectivity index (χ0) is 23.5. The maximum absolute atomic E-state index is 13.1. The molecule has 0 aromatic heterocycles. The molecule has 32 heavy (non-hydrogen) atoms. The monoisotopic (exact) mass is 437 g/mol. The number of benzene rings is 2. The molecule has 7 heteroatoms. The molecule has 0 aliphatic carbocycles. The smallest absolute Gasteiger partial charge is 0.260 e. The van der Waals surface area contributed by atoms with Gasteiger partial charge < -0.3 is 19.9 Å². The van der Waals surface area contributed by atoms with Crippen LogP contribution in [-0.4, -0.2) is 48.9 Å². The first-order valence-corrected chi connectivity index (χ1v) is 10.7. The summed E-state index contributed by atoms with van der Waals surface area (Å²) in [7, 11) is 1.57. The zero-order valence-corrected chi connectivity index (χ0v) is 19.3. The number of ether oxygens (including phenoxy) is 1. The van der Waals surface area contributed by atoms with Gasteiger partial charge in [0, 0.05) is 19.5 Å². The number of fused-ring (bicyclic) bond motifs is 1. The van der Waals surface area contributed by atoms with Gasteiger partial charge in [0.25, 0.3) is 5.91 Å². The molecule has 1 aliphatic rings. The third kappa shape index (κ3) is 5.46. The van der Waals surface area contributed by atoms with Gasteiger partial charge in [-0.05, 0) is 42.2 Å². The van der Waals surface area contributed by atoms with Crippen LogP contribution in [0.25, 0.3) is 0 Å². The number of nitrogens with one attached hydrogen (secondary N) is 1. The van der Waals surface area contributed by atoms with Crippen molar-refractivity contribution in [1.29, 1.82) is 0 Å². The summed E-state index contributed by atoms with van der Waals surface area (Å²) in [4.78, 5) is 40.7. The Morgan fingerprint density at radius 3 is 2.44 bits per heavy atom. The molecule has 2 aromatic carbocycles. The predicted octanol–water partition coefficient (Wildman–Crippen LogP) is 3.59. The summed E-state index contributed by atoms with van der Waals surface area (Å²) >= 11 is 0. The van der Waals surface area contributed by atoms with Crippen LogP contribution in [0.2, 0.25) is 0 Å². The van der Waals surface area contributed by atoms with Crippen molar-refractivity contribution in [2.45, 2.75) is 45.6 Å². The molecule has 3 rings (SSSR count). The maximum Gasteiger partial charge on any atom is 0.260 e. The number of hydrogen-bond donors (Lipinski definition) is 1. The van der Waals surface area contributed by atoms with Gasteiger partial charge in [-0.25, -0.2) is 0 Å². The number of amides is 3. The summed E-state index contributed by atoms with van der Waals surface area (Å²) in [6.45, 7) is 7.95. The molecule has 1 atom stereocenters. The fraction of sp³-hybridized carbons (Fsp3) is 0.400. The van der Waals surface area contributed by atoms with Crippen LogP contribution < -0.4 is 15.0 Å². The average molecular weight is 438 g/mol. The SMILES string of the molecule is C[C@@H]1CC(=O)Nc2ccccc2N1C(=O)CN(C)C(=O)COc1ccc(C(C)(C)C)cc1. The van der Waals surface area contributed by atoms with E-state index in [9.17, 15) is 14.4 Å². The lowest BCUT2D eigenvalue weighted by Crippen LogP contribution is -2.46. The molecule has 7 nitrogen and oxygen atoms in total. The molecule has 0 saturated carbocycles. The zero-order valence-electron chi connectivity index (χ0n) is 19.3. The van der Waals surface area contributed by atoms with Crippen LogP contribution >= 0.6 is 0 Å². The minimum absolute atomic E-state index is 0.0398. The summed E-state index contributed by atoms with van der Waals surface area (Å²) in [6.07, 6.45) is 0.186. The number of likely N-dealkylation sites (N-methyl/N-ethyl adjacent to an activating group) is 1. The number of para-hydroxylation sites is 2. The van der Waals surface area contributed by atoms with E-state index in [0.717, 1.165) is 0 Å². The molecular formula is C25H31N3O4. The molecule has 1 aliphatic heterocycles. The molecule has 1 N–H and O–H groups in total. The molecule has 3 amide bonds. The van der Waals surface area contributed by atoms with Crippen molar-refractivity contribution in [3.8, 4) is 5.75 Å². The maximum atomic E-state index is 13.1. The molecule has 0 unspecified atom stereocenters. The van der Waals surface area contributed by atoms with Gasteiger partial charge >= 0.3 is 0 Å². The Morgan fingerprint density at radius 1 is 1.12 bits per heavy atom. The standard InChI is InChI=1S/C25H31N3O4/c1-17-14-22(29)26-20-8-6-7-9-21(20)28(17)23(30)15-27(5)24(31)16-32-19-12-10-18(11-13-19)25(2,3)4/h6-13,17H,14-16H2,1-5H3,(H,26,29)/t17-/m1/s1. The van der Waals surface area contributed by atoms with E-state index in [2.05, 4.69) is 26.1 Å². The molecule has 0 bridgehead atoms. The van der Waals surface area contributed by atoms with Crippen molar-refractivity contribution in [2.75, 3.05) is 30.4 Å². The summed E-state index contributed by atoms with van der Waals surface area (Å²) in [5.74, 6) is -0.101. The molecule has 0 spiro atoms. The molecule has 170 valence electrons. The van der Waals surface area contributed by atoms with E-state index in [4.69, 9.17) is 4.74 Å². The van der Waals surface area contributed by atoms with E-state index in [1.165, 1.54) is 10.5 Å². The van der Waals surface area contributed by atoms with Crippen LogP contribution in [0, 0.1) is 0 Å². The summed E-state index contributed by atoms with van der Waals surface area (Å²) in [5, 5.41) is 2.83. The third-order valence-electron chi connectivity index (χ3n) is 5.51. The second kappa shape index (κ2) is 9.42. The Kier molecular flexibility index (Phi) is 6.87. The number of nitrogens with zero attached hydrogens (tertiary/aromatic N) is 2. The Bertz CT molecular complexity index is 995. The number of rotatable bonds is 5. The minimum atomic E-state index is -0.327. The molecular weight excluding hydrogens is 406 g/mol. The molecule has 0 fully saturated rings. The van der Waals surface area contributed by atoms with E-state index in [-0.39, 0.29) is 48.8 Å². The van der Waals surface area contributed by atoms with Crippen molar-refractivity contribution in [3.63, 3.8) is 0 Å². The fourth-order valence-corrected chi connectivity index (χ4v) is 3.64. The highest BCUT2D eigenvalue weighted by Gasteiger charge is 2.30. The van der Waals surface area contributed by atoms with Crippen LogP contribution in [0.4, 0.5) is 11.4 Å². The largest absolute Gasteiger partial charge is 0.484 e. The van der Waals surface area contributed by atoms with E-state index in [1.807, 2.05) is 37.3 Å². The van der Waals surface area contributed by atoms with Gasteiger partial charge in [-0.1, -0.05) is 45.0 Å². The topological polar surface area (TPSA) is 79.0 Å². The highest BCUT2D eigenvalue weighted by molar-refractivity contribution is 6.05. The first-order valence-electron chi connectivity index (χ1n) is 10.7. The van der Waals surface area contributed by atoms with E-state index in [1.54, 1.807) is 30.1 Å². The van der Waals surface area contributed by atoms with Crippen molar-refractivity contribution in [2.24, 2.45) is 0 Å². The van der Waals surface area contributed by atoms with Crippen LogP contribution in [0.1, 0.15) is 39.7 Å². The van der Waals surface area contributed by atoms with Crippen LogP contribution in [-0.2, 0) is 19.8 Å². The van der Waals surface area contributed by atoms with Gasteiger partial charge in [0.05, 0.1) is 17.9 Å². The predicted molar refractivity (Wildman–Crippen MR) is 125 cm³/mol. The van der Waals surface area contributed by atoms with E-state index < -0.39 is 0 Å². The quantitative estimate of drug-likeness (QED) is 0.775. The van der Waals surface area contributed by atoms with Gasteiger partial charge in [-0.2, -0.15) is 0 Å². The molecule has 1 heterocycles. The molecule has 0 radical (unpaired) electrons. The van der Waals surface area contributed by atoms with Gasteiger partial charge in [-0.3, -0.25) is 14.4 Å². The molecule has 0 saturated heterocycles. The van der Waals surface area contributed by atoms with Crippen molar-refractivity contribution >= 4 is 29.1 Å². The van der Waals surface area contributed by atoms with Crippen molar-refractivity contribution in [3.05, 3.63) is 54.1 Å². The first kappa shape index (κ1) is 23.3. The fourth-order valence-electron chi connectivity index (χ4n) is 3.64. The second-order valence-corrected chi connectivity index (χ2v) is 9.20. The minimum Gasteiger partial charge on any atom is -0.484 e. The van der Waals surface area contributed by atoms with Gasteiger partial charge in [0.15, 0.2) is 6.61 Å². The van der Waals surface area contributed by atoms with E-state index in [0.29, 0.717) is 17.1 Å². The van der Waals surface area contributed by atoms with E-state index >= 15 is 0 Å². The second-order valence-electron chi connectivity index (χ2n) is 9.20.